The van der Waals surface area contributed by atoms with Gasteiger partial charge >= 0.3 is 0 Å². The molecule has 2 N–H and O–H groups in total. The molecule has 0 atom stereocenters. The van der Waals surface area contributed by atoms with Gasteiger partial charge in [0, 0.05) is 12.7 Å². The molecule has 104 valence electrons. The number of nitrogens with one attached hydrogen (secondary N) is 2. The number of amides is 1. The number of nitrogens with zero attached hydrogens (tertiary/aromatic N) is 3. The molecule has 0 aromatic carbocycles. The summed E-state index contributed by atoms with van der Waals surface area (Å²) in [5.41, 5.74) is 0.225. The molecule has 7 heteroatoms. The minimum absolute atomic E-state index is 0.225. The molecule has 0 fully saturated rings. The maximum atomic E-state index is 12.0. The minimum atomic E-state index is -0.368. The molecule has 1 amide bonds. The lowest BCUT2D eigenvalue weighted by molar-refractivity contribution is 0.102. The van der Waals surface area contributed by atoms with Crippen LogP contribution in [0.3, 0.4) is 0 Å². The van der Waals surface area contributed by atoms with Crippen molar-refractivity contribution in [3.05, 3.63) is 41.4 Å². The fraction of sp³-hybridized carbons (Fsp3) is 0.231. The molecule has 0 saturated heterocycles. The van der Waals surface area contributed by atoms with Gasteiger partial charge in [0.05, 0.1) is 17.4 Å². The zero-order chi connectivity index (χ0) is 14.4. The van der Waals surface area contributed by atoms with Crippen molar-refractivity contribution >= 4 is 29.1 Å². The smallest absolute Gasteiger partial charge is 0.277 e. The van der Waals surface area contributed by atoms with Gasteiger partial charge in [-0.15, -0.1) is 0 Å². The van der Waals surface area contributed by atoms with Crippen molar-refractivity contribution in [2.75, 3.05) is 17.2 Å². The number of rotatable bonds is 5. The van der Waals surface area contributed by atoms with E-state index in [1.807, 2.05) is 6.92 Å². The van der Waals surface area contributed by atoms with Gasteiger partial charge in [-0.05, 0) is 18.6 Å². The maximum absolute atomic E-state index is 12.0. The SMILES string of the molecule is CCCNc1cncc(C(=O)Nc2ccc(Cl)cn2)n1. The molecule has 0 unspecified atom stereocenters. The van der Waals surface area contributed by atoms with Gasteiger partial charge < -0.3 is 10.6 Å². The highest BCUT2D eigenvalue weighted by Crippen LogP contribution is 2.11. The highest BCUT2D eigenvalue weighted by Gasteiger charge is 2.09. The molecule has 2 aromatic heterocycles. The first-order chi connectivity index (χ1) is 9.69. The number of pyridine rings is 1. The van der Waals surface area contributed by atoms with Gasteiger partial charge in [-0.25, -0.2) is 9.97 Å². The van der Waals surface area contributed by atoms with Crippen LogP contribution in [0.1, 0.15) is 23.8 Å². The lowest BCUT2D eigenvalue weighted by atomic mass is 10.4. The molecule has 0 saturated carbocycles. The van der Waals surface area contributed by atoms with E-state index in [4.69, 9.17) is 11.6 Å². The van der Waals surface area contributed by atoms with Crippen LogP contribution in [-0.2, 0) is 0 Å². The van der Waals surface area contributed by atoms with Gasteiger partial charge in [0.1, 0.15) is 17.3 Å². The van der Waals surface area contributed by atoms with Crippen LogP contribution in [0.2, 0.25) is 5.02 Å². The highest BCUT2D eigenvalue weighted by atomic mass is 35.5. The zero-order valence-corrected chi connectivity index (χ0v) is 11.7. The number of anilines is 2. The van der Waals surface area contributed by atoms with Crippen molar-refractivity contribution in [2.45, 2.75) is 13.3 Å². The second-order valence-electron chi connectivity index (χ2n) is 4.03. The normalized spacial score (nSPS) is 10.1. The predicted octanol–water partition coefficient (Wildman–Crippen LogP) is 2.60. The quantitative estimate of drug-likeness (QED) is 0.885. The first-order valence-corrected chi connectivity index (χ1v) is 6.55. The Balaban J connectivity index is 2.06. The van der Waals surface area contributed by atoms with Crippen LogP contribution < -0.4 is 10.6 Å². The molecule has 0 aliphatic rings. The summed E-state index contributed by atoms with van der Waals surface area (Å²) in [6.45, 7) is 2.82. The van der Waals surface area contributed by atoms with Gasteiger partial charge in [-0.2, -0.15) is 0 Å². The number of halogens is 1. The summed E-state index contributed by atoms with van der Waals surface area (Å²) in [7, 11) is 0. The fourth-order valence-electron chi connectivity index (χ4n) is 1.44. The van der Waals surface area contributed by atoms with Gasteiger partial charge in [-0.3, -0.25) is 9.78 Å². The molecule has 6 nitrogen and oxygen atoms in total. The Hall–Kier alpha value is -2.21. The van der Waals surface area contributed by atoms with E-state index >= 15 is 0 Å². The fourth-order valence-corrected chi connectivity index (χ4v) is 1.56. The lowest BCUT2D eigenvalue weighted by Gasteiger charge is -2.06. The lowest BCUT2D eigenvalue weighted by Crippen LogP contribution is -2.16. The first kappa shape index (κ1) is 14.2. The third kappa shape index (κ3) is 3.89. The Morgan fingerprint density at radius 3 is 2.80 bits per heavy atom. The molecule has 0 aliphatic carbocycles. The molecule has 0 radical (unpaired) electrons. The van der Waals surface area contributed by atoms with E-state index in [2.05, 4.69) is 25.6 Å². The summed E-state index contributed by atoms with van der Waals surface area (Å²) in [5, 5.41) is 6.21. The van der Waals surface area contributed by atoms with Crippen LogP contribution in [-0.4, -0.2) is 27.4 Å². The van der Waals surface area contributed by atoms with E-state index in [-0.39, 0.29) is 11.6 Å². The standard InChI is InChI=1S/C13H14ClN5O/c1-2-5-16-12-8-15-7-10(18-12)13(20)19-11-4-3-9(14)6-17-11/h3-4,6-8H,2,5H2,1H3,(H,16,18)(H,17,19,20). The van der Waals surface area contributed by atoms with Gasteiger partial charge in [-0.1, -0.05) is 18.5 Å². The monoisotopic (exact) mass is 291 g/mol. The summed E-state index contributed by atoms with van der Waals surface area (Å²) >= 11 is 5.73. The third-order valence-electron chi connectivity index (χ3n) is 2.39. The Bertz CT molecular complexity index is 588. The summed E-state index contributed by atoms with van der Waals surface area (Å²) < 4.78 is 0. The van der Waals surface area contributed by atoms with Crippen molar-refractivity contribution in [1.29, 1.82) is 0 Å². The van der Waals surface area contributed by atoms with Crippen molar-refractivity contribution in [2.24, 2.45) is 0 Å². The molecule has 20 heavy (non-hydrogen) atoms. The van der Waals surface area contributed by atoms with Crippen LogP contribution in [0.5, 0.6) is 0 Å². The maximum Gasteiger partial charge on any atom is 0.277 e. The summed E-state index contributed by atoms with van der Waals surface area (Å²) in [5.74, 6) is 0.615. The molecular weight excluding hydrogens is 278 g/mol. The van der Waals surface area contributed by atoms with E-state index < -0.39 is 0 Å². The van der Waals surface area contributed by atoms with Crippen LogP contribution >= 0.6 is 11.6 Å². The van der Waals surface area contributed by atoms with Crippen LogP contribution in [0.4, 0.5) is 11.6 Å². The van der Waals surface area contributed by atoms with Gasteiger partial charge in [0.2, 0.25) is 0 Å². The molecule has 0 aliphatic heterocycles. The largest absolute Gasteiger partial charge is 0.369 e. The summed E-state index contributed by atoms with van der Waals surface area (Å²) in [4.78, 5) is 24.2. The van der Waals surface area contributed by atoms with Crippen molar-refractivity contribution < 1.29 is 4.79 Å². The minimum Gasteiger partial charge on any atom is -0.369 e. The molecule has 2 aromatic rings. The van der Waals surface area contributed by atoms with Crippen LogP contribution in [0.15, 0.2) is 30.7 Å². The van der Waals surface area contributed by atoms with Crippen molar-refractivity contribution in [3.63, 3.8) is 0 Å². The Labute approximate surface area is 121 Å². The molecule has 2 rings (SSSR count). The number of aromatic nitrogens is 3. The van der Waals surface area contributed by atoms with E-state index in [1.54, 1.807) is 18.3 Å². The van der Waals surface area contributed by atoms with Crippen LogP contribution in [0, 0.1) is 0 Å². The van der Waals surface area contributed by atoms with E-state index in [9.17, 15) is 4.79 Å². The number of carbonyl (C=O) groups excluding carboxylic acids is 1. The second-order valence-corrected chi connectivity index (χ2v) is 4.47. The molecule has 0 bridgehead atoms. The van der Waals surface area contributed by atoms with E-state index in [0.717, 1.165) is 13.0 Å². The topological polar surface area (TPSA) is 79.8 Å². The van der Waals surface area contributed by atoms with Crippen LogP contribution in [0.25, 0.3) is 0 Å². The second kappa shape index (κ2) is 6.81. The Morgan fingerprint density at radius 1 is 1.25 bits per heavy atom. The molecular formula is C13H14ClN5O. The van der Waals surface area contributed by atoms with Crippen molar-refractivity contribution in [1.82, 2.24) is 15.0 Å². The first-order valence-electron chi connectivity index (χ1n) is 6.18. The predicted molar refractivity (Wildman–Crippen MR) is 78.0 cm³/mol. The average Bonchev–Trinajstić information content (AvgIpc) is 2.48. The summed E-state index contributed by atoms with van der Waals surface area (Å²) in [6, 6.07) is 3.27. The zero-order valence-electron chi connectivity index (χ0n) is 10.9. The number of hydrogen-bond donors (Lipinski definition) is 2. The highest BCUT2D eigenvalue weighted by molar-refractivity contribution is 6.30. The van der Waals surface area contributed by atoms with E-state index in [0.29, 0.717) is 16.7 Å². The van der Waals surface area contributed by atoms with Gasteiger partial charge in [0.15, 0.2) is 0 Å². The van der Waals surface area contributed by atoms with Crippen molar-refractivity contribution in [3.8, 4) is 0 Å². The van der Waals surface area contributed by atoms with Gasteiger partial charge in [0.25, 0.3) is 5.91 Å². The summed E-state index contributed by atoms with van der Waals surface area (Å²) in [6.07, 6.45) is 5.41. The Kier molecular flexibility index (Phi) is 4.84. The van der Waals surface area contributed by atoms with E-state index in [1.165, 1.54) is 12.4 Å². The average molecular weight is 292 g/mol. The molecule has 0 spiro atoms. The number of hydrogen-bond acceptors (Lipinski definition) is 5. The third-order valence-corrected chi connectivity index (χ3v) is 2.62. The number of carbonyl (C=O) groups is 1. The molecule has 2 heterocycles. The Morgan fingerprint density at radius 2 is 2.10 bits per heavy atom.